The molecule has 3 aromatic rings. The number of hydrogen-bond donors (Lipinski definition) is 1. The molecule has 0 radical (unpaired) electrons. The Morgan fingerprint density at radius 1 is 0.857 bits per heavy atom. The van der Waals surface area contributed by atoms with Crippen molar-refractivity contribution in [2.45, 2.75) is 18.2 Å². The Labute approximate surface area is 164 Å². The lowest BCUT2D eigenvalue weighted by Gasteiger charge is -2.19. The van der Waals surface area contributed by atoms with Crippen LogP contribution in [0.3, 0.4) is 0 Å². The number of sulfonamides is 1. The van der Waals surface area contributed by atoms with Gasteiger partial charge in [0.05, 0.1) is 16.7 Å². The Bertz CT molecular complexity index is 1040. The molecule has 0 bridgehead atoms. The van der Waals surface area contributed by atoms with Crippen LogP contribution in [0.15, 0.2) is 84.9 Å². The summed E-state index contributed by atoms with van der Waals surface area (Å²) >= 11 is 0. The van der Waals surface area contributed by atoms with Crippen LogP contribution in [-0.4, -0.2) is 13.3 Å². The van der Waals surface area contributed by atoms with Crippen LogP contribution >= 0.6 is 0 Å². The minimum absolute atomic E-state index is 0.128. The third-order valence-electron chi connectivity index (χ3n) is 4.28. The smallest absolute Gasteiger partial charge is 0.258 e. The molecule has 0 saturated heterocycles. The van der Waals surface area contributed by atoms with E-state index in [4.69, 9.17) is 0 Å². The van der Waals surface area contributed by atoms with Gasteiger partial charge in [-0.2, -0.15) is 0 Å². The van der Waals surface area contributed by atoms with E-state index in [-0.39, 0.29) is 11.4 Å². The molecule has 3 rings (SSSR count). The van der Waals surface area contributed by atoms with Gasteiger partial charge in [-0.05, 0) is 23.1 Å². The first-order chi connectivity index (χ1) is 13.4. The Balaban J connectivity index is 1.82. The van der Waals surface area contributed by atoms with Crippen molar-refractivity contribution in [3.05, 3.63) is 112 Å². The van der Waals surface area contributed by atoms with Crippen molar-refractivity contribution in [1.82, 2.24) is 4.72 Å². The van der Waals surface area contributed by atoms with Crippen LogP contribution < -0.4 is 4.72 Å². The average Bonchev–Trinajstić information content (AvgIpc) is 2.68. The lowest BCUT2D eigenvalue weighted by atomic mass is 10.00. The molecular weight excluding hydrogens is 376 g/mol. The fourth-order valence-corrected chi connectivity index (χ4v) is 4.35. The fraction of sp³-hybridized carbons (Fsp3) is 0.143. The summed E-state index contributed by atoms with van der Waals surface area (Å²) in [5.41, 5.74) is 2.10. The highest BCUT2D eigenvalue weighted by molar-refractivity contribution is 7.88. The number of nitro groups is 1. The van der Waals surface area contributed by atoms with E-state index < -0.39 is 21.0 Å². The highest BCUT2D eigenvalue weighted by atomic mass is 32.2. The molecule has 0 unspecified atom stereocenters. The maximum Gasteiger partial charge on any atom is 0.269 e. The summed E-state index contributed by atoms with van der Waals surface area (Å²) in [6, 6.07) is 24.2. The van der Waals surface area contributed by atoms with E-state index in [1.165, 1.54) is 18.2 Å². The standard InChI is InChI=1S/C21H20N2O4S/c24-23(25)20-13-7-10-18(14-20)16-28(26,27)22-21(19-11-5-2-6-12-19)15-17-8-3-1-4-9-17/h1-14,21-22H,15-16H2/t21-/m0/s1. The Morgan fingerprint density at radius 2 is 1.46 bits per heavy atom. The number of nitro benzene ring substituents is 1. The molecule has 144 valence electrons. The molecule has 0 heterocycles. The summed E-state index contributed by atoms with van der Waals surface area (Å²) in [4.78, 5) is 10.4. The molecule has 6 nitrogen and oxygen atoms in total. The molecule has 0 aromatic heterocycles. The minimum Gasteiger partial charge on any atom is -0.258 e. The molecule has 0 aliphatic carbocycles. The van der Waals surface area contributed by atoms with Gasteiger partial charge in [-0.1, -0.05) is 72.8 Å². The molecule has 0 amide bonds. The lowest BCUT2D eigenvalue weighted by molar-refractivity contribution is -0.384. The molecular formula is C21H20N2O4S. The summed E-state index contributed by atoms with van der Waals surface area (Å²) in [7, 11) is -3.72. The number of non-ortho nitro benzene ring substituents is 1. The van der Waals surface area contributed by atoms with E-state index in [9.17, 15) is 18.5 Å². The van der Waals surface area contributed by atoms with Crippen LogP contribution in [0.4, 0.5) is 5.69 Å². The summed E-state index contributed by atoms with van der Waals surface area (Å²) in [5.74, 6) is -0.327. The predicted molar refractivity (Wildman–Crippen MR) is 108 cm³/mol. The first kappa shape index (κ1) is 19.7. The third-order valence-corrected chi connectivity index (χ3v) is 5.64. The highest BCUT2D eigenvalue weighted by Crippen LogP contribution is 2.21. The molecule has 7 heteroatoms. The topological polar surface area (TPSA) is 89.3 Å². The first-order valence-electron chi connectivity index (χ1n) is 8.75. The van der Waals surface area contributed by atoms with Crippen LogP contribution in [-0.2, 0) is 22.2 Å². The zero-order chi connectivity index (χ0) is 20.0. The Morgan fingerprint density at radius 3 is 2.11 bits per heavy atom. The summed E-state index contributed by atoms with van der Waals surface area (Å²) in [6.45, 7) is 0. The fourth-order valence-electron chi connectivity index (χ4n) is 3.00. The Kier molecular flexibility index (Phi) is 6.18. The van der Waals surface area contributed by atoms with Gasteiger partial charge in [0.2, 0.25) is 10.0 Å². The van der Waals surface area contributed by atoms with Crippen molar-refractivity contribution in [3.63, 3.8) is 0 Å². The average molecular weight is 396 g/mol. The van der Waals surface area contributed by atoms with Crippen molar-refractivity contribution in [2.75, 3.05) is 0 Å². The predicted octanol–water partition coefficient (Wildman–Crippen LogP) is 4.00. The molecule has 1 N–H and O–H groups in total. The summed E-state index contributed by atoms with van der Waals surface area (Å²) < 4.78 is 28.3. The lowest BCUT2D eigenvalue weighted by Crippen LogP contribution is -2.31. The Hall–Kier alpha value is -3.03. The zero-order valence-electron chi connectivity index (χ0n) is 15.1. The largest absolute Gasteiger partial charge is 0.269 e. The quantitative estimate of drug-likeness (QED) is 0.460. The van der Waals surface area contributed by atoms with Crippen molar-refractivity contribution in [2.24, 2.45) is 0 Å². The third kappa shape index (κ3) is 5.48. The van der Waals surface area contributed by atoms with Crippen LogP contribution in [0.2, 0.25) is 0 Å². The molecule has 0 aliphatic heterocycles. The number of benzene rings is 3. The van der Waals surface area contributed by atoms with Gasteiger partial charge >= 0.3 is 0 Å². The normalized spacial score (nSPS) is 12.4. The monoisotopic (exact) mass is 396 g/mol. The van der Waals surface area contributed by atoms with E-state index in [1.807, 2.05) is 60.7 Å². The molecule has 0 saturated carbocycles. The van der Waals surface area contributed by atoms with Crippen molar-refractivity contribution in [3.8, 4) is 0 Å². The van der Waals surface area contributed by atoms with E-state index in [2.05, 4.69) is 4.72 Å². The SMILES string of the molecule is O=[N+]([O-])c1cccc(CS(=O)(=O)N[C@@H](Cc2ccccc2)c2ccccc2)c1. The number of hydrogen-bond acceptors (Lipinski definition) is 4. The number of nitrogens with zero attached hydrogens (tertiary/aromatic N) is 1. The van der Waals surface area contributed by atoms with E-state index in [1.54, 1.807) is 6.07 Å². The van der Waals surface area contributed by atoms with E-state index >= 15 is 0 Å². The van der Waals surface area contributed by atoms with Crippen LogP contribution in [0.1, 0.15) is 22.7 Å². The minimum atomic E-state index is -3.72. The molecule has 0 spiro atoms. The first-order valence-corrected chi connectivity index (χ1v) is 10.4. The van der Waals surface area contributed by atoms with Crippen LogP contribution in [0.25, 0.3) is 0 Å². The highest BCUT2D eigenvalue weighted by Gasteiger charge is 2.21. The van der Waals surface area contributed by atoms with Crippen molar-refractivity contribution < 1.29 is 13.3 Å². The van der Waals surface area contributed by atoms with Crippen LogP contribution in [0, 0.1) is 10.1 Å². The number of nitrogens with one attached hydrogen (secondary N) is 1. The second-order valence-electron chi connectivity index (χ2n) is 6.46. The maximum absolute atomic E-state index is 12.8. The van der Waals surface area contributed by atoms with Gasteiger partial charge in [-0.3, -0.25) is 10.1 Å². The molecule has 0 aliphatic rings. The van der Waals surface area contributed by atoms with Gasteiger partial charge < -0.3 is 0 Å². The summed E-state index contributed by atoms with van der Waals surface area (Å²) in [5, 5.41) is 10.9. The molecule has 3 aromatic carbocycles. The van der Waals surface area contributed by atoms with Crippen molar-refractivity contribution >= 4 is 15.7 Å². The summed E-state index contributed by atoms with van der Waals surface area (Å²) in [6.07, 6.45) is 0.499. The van der Waals surface area contributed by atoms with Gasteiger partial charge in [-0.25, -0.2) is 13.1 Å². The van der Waals surface area contributed by atoms with Gasteiger partial charge in [0.15, 0.2) is 0 Å². The maximum atomic E-state index is 12.8. The van der Waals surface area contributed by atoms with Gasteiger partial charge in [-0.15, -0.1) is 0 Å². The van der Waals surface area contributed by atoms with Gasteiger partial charge in [0.1, 0.15) is 0 Å². The second-order valence-corrected chi connectivity index (χ2v) is 8.21. The second kappa shape index (κ2) is 8.77. The van der Waals surface area contributed by atoms with E-state index in [0.717, 1.165) is 11.1 Å². The number of rotatable bonds is 8. The zero-order valence-corrected chi connectivity index (χ0v) is 15.9. The van der Waals surface area contributed by atoms with Crippen molar-refractivity contribution in [1.29, 1.82) is 0 Å². The van der Waals surface area contributed by atoms with E-state index in [0.29, 0.717) is 12.0 Å². The van der Waals surface area contributed by atoms with Crippen LogP contribution in [0.5, 0.6) is 0 Å². The molecule has 0 fully saturated rings. The molecule has 28 heavy (non-hydrogen) atoms. The molecule has 1 atom stereocenters. The van der Waals surface area contributed by atoms with Gasteiger partial charge in [0.25, 0.3) is 5.69 Å². The van der Waals surface area contributed by atoms with Gasteiger partial charge in [0, 0.05) is 12.1 Å².